The highest BCUT2D eigenvalue weighted by Gasteiger charge is 2.44. The molecule has 0 saturated carbocycles. The Hall–Kier alpha value is -3.23. The largest absolute Gasteiger partial charge is 0.371 e. The van der Waals surface area contributed by atoms with E-state index < -0.39 is 29.7 Å². The van der Waals surface area contributed by atoms with Crippen LogP contribution in [0.25, 0.3) is 0 Å². The monoisotopic (exact) mass is 468 g/mol. The normalized spacial score (nSPS) is 21.2. The average Bonchev–Trinajstić information content (AvgIpc) is 3.09. The molecule has 34 heavy (non-hydrogen) atoms. The standard InChI is InChI=1S/C25H32N4O5/c1-4-15(5-2)23(32)27(3)16-10-12-28(13-11-16)17-6-7-18-19(14-17)25(34)29(24(18)33)20-8-9-21(30)26-22(20)31/h6-7,14-16,20H,4-5,8-13H2,1-3H3,(H,26,30,31). The molecule has 1 aromatic carbocycles. The summed E-state index contributed by atoms with van der Waals surface area (Å²) in [5.74, 6) is -1.73. The van der Waals surface area contributed by atoms with Crippen LogP contribution in [-0.2, 0) is 14.4 Å². The van der Waals surface area contributed by atoms with E-state index >= 15 is 0 Å². The highest BCUT2D eigenvalue weighted by atomic mass is 16.2. The van der Waals surface area contributed by atoms with Gasteiger partial charge in [-0.2, -0.15) is 0 Å². The fourth-order valence-corrected chi connectivity index (χ4v) is 5.27. The van der Waals surface area contributed by atoms with Crippen molar-refractivity contribution in [3.63, 3.8) is 0 Å². The second kappa shape index (κ2) is 9.56. The number of piperidine rings is 2. The molecule has 9 heteroatoms. The SMILES string of the molecule is CCC(CC)C(=O)N(C)C1CCN(c2ccc3c(c2)C(=O)N(C2CCC(=O)NC2=O)C3=O)CC1. The average molecular weight is 469 g/mol. The van der Waals surface area contributed by atoms with Gasteiger partial charge in [-0.3, -0.25) is 34.2 Å². The molecule has 1 aromatic rings. The van der Waals surface area contributed by atoms with Crippen LogP contribution in [-0.4, -0.2) is 71.6 Å². The maximum absolute atomic E-state index is 13.1. The van der Waals surface area contributed by atoms with Crippen molar-refractivity contribution < 1.29 is 24.0 Å². The van der Waals surface area contributed by atoms with Gasteiger partial charge in [-0.15, -0.1) is 0 Å². The molecule has 9 nitrogen and oxygen atoms in total. The lowest BCUT2D eigenvalue weighted by Gasteiger charge is -2.39. The summed E-state index contributed by atoms with van der Waals surface area (Å²) in [6.07, 6.45) is 3.58. The van der Waals surface area contributed by atoms with E-state index in [1.807, 2.05) is 31.9 Å². The van der Waals surface area contributed by atoms with Crippen LogP contribution in [0.5, 0.6) is 0 Å². The molecule has 0 aliphatic carbocycles. The summed E-state index contributed by atoms with van der Waals surface area (Å²) < 4.78 is 0. The predicted octanol–water partition coefficient (Wildman–Crippen LogP) is 1.95. The zero-order valence-electron chi connectivity index (χ0n) is 20.0. The van der Waals surface area contributed by atoms with Crippen LogP contribution in [0.15, 0.2) is 18.2 Å². The first kappa shape index (κ1) is 23.9. The number of nitrogens with one attached hydrogen (secondary N) is 1. The first-order chi connectivity index (χ1) is 16.3. The highest BCUT2D eigenvalue weighted by molar-refractivity contribution is 6.23. The van der Waals surface area contributed by atoms with Crippen molar-refractivity contribution in [1.29, 1.82) is 0 Å². The third-order valence-corrected chi connectivity index (χ3v) is 7.48. The smallest absolute Gasteiger partial charge is 0.262 e. The Bertz CT molecular complexity index is 1030. The molecule has 1 atom stereocenters. The molecule has 3 heterocycles. The number of hydrogen-bond acceptors (Lipinski definition) is 6. The molecule has 0 aromatic heterocycles. The van der Waals surface area contributed by atoms with Gasteiger partial charge in [0.1, 0.15) is 6.04 Å². The third-order valence-electron chi connectivity index (χ3n) is 7.48. The Morgan fingerprint density at radius 2 is 1.68 bits per heavy atom. The van der Waals surface area contributed by atoms with Crippen LogP contribution < -0.4 is 10.2 Å². The molecule has 4 rings (SSSR count). The number of hydrogen-bond donors (Lipinski definition) is 1. The number of rotatable bonds is 6. The summed E-state index contributed by atoms with van der Waals surface area (Å²) in [6, 6.07) is 4.42. The van der Waals surface area contributed by atoms with Crippen molar-refractivity contribution in [1.82, 2.24) is 15.1 Å². The minimum atomic E-state index is -0.965. The van der Waals surface area contributed by atoms with Gasteiger partial charge in [0.25, 0.3) is 11.8 Å². The zero-order chi connectivity index (χ0) is 24.6. The van der Waals surface area contributed by atoms with Gasteiger partial charge in [0.05, 0.1) is 11.1 Å². The summed E-state index contributed by atoms with van der Waals surface area (Å²) in [7, 11) is 1.89. The number of amides is 5. The Morgan fingerprint density at radius 1 is 1.03 bits per heavy atom. The maximum Gasteiger partial charge on any atom is 0.262 e. The van der Waals surface area contributed by atoms with Crippen molar-refractivity contribution in [3.05, 3.63) is 29.3 Å². The fraction of sp³-hybridized carbons (Fsp3) is 0.560. The van der Waals surface area contributed by atoms with Crippen molar-refractivity contribution in [2.24, 2.45) is 5.92 Å². The number of imide groups is 2. The van der Waals surface area contributed by atoms with Crippen molar-refractivity contribution in [2.75, 3.05) is 25.0 Å². The lowest BCUT2D eigenvalue weighted by molar-refractivity contribution is -0.137. The molecule has 2 fully saturated rings. The van der Waals surface area contributed by atoms with Gasteiger partial charge in [0.2, 0.25) is 17.7 Å². The second-order valence-electron chi connectivity index (χ2n) is 9.36. The predicted molar refractivity (Wildman–Crippen MR) is 125 cm³/mol. The third kappa shape index (κ3) is 4.19. The van der Waals surface area contributed by atoms with E-state index in [-0.39, 0.29) is 41.8 Å². The van der Waals surface area contributed by atoms with E-state index in [9.17, 15) is 24.0 Å². The summed E-state index contributed by atoms with van der Waals surface area (Å²) in [4.78, 5) is 67.5. The van der Waals surface area contributed by atoms with Crippen molar-refractivity contribution in [3.8, 4) is 0 Å². The molecular formula is C25H32N4O5. The molecular weight excluding hydrogens is 436 g/mol. The summed E-state index contributed by atoms with van der Waals surface area (Å²) in [5.41, 5.74) is 1.41. The number of carbonyl (C=O) groups is 5. The lowest BCUT2D eigenvalue weighted by atomic mass is 9.97. The fourth-order valence-electron chi connectivity index (χ4n) is 5.27. The molecule has 1 N–H and O–H groups in total. The van der Waals surface area contributed by atoms with E-state index in [1.165, 1.54) is 0 Å². The van der Waals surface area contributed by atoms with E-state index in [0.717, 1.165) is 49.4 Å². The molecule has 3 aliphatic heterocycles. The van der Waals surface area contributed by atoms with E-state index in [0.29, 0.717) is 0 Å². The molecule has 0 spiro atoms. The molecule has 1 unspecified atom stereocenters. The molecule has 182 valence electrons. The van der Waals surface area contributed by atoms with Gasteiger partial charge in [0.15, 0.2) is 0 Å². The second-order valence-corrected chi connectivity index (χ2v) is 9.36. The van der Waals surface area contributed by atoms with Gasteiger partial charge < -0.3 is 9.80 Å². The maximum atomic E-state index is 13.1. The molecule has 3 aliphatic rings. The lowest BCUT2D eigenvalue weighted by Crippen LogP contribution is -2.54. The summed E-state index contributed by atoms with van der Waals surface area (Å²) >= 11 is 0. The van der Waals surface area contributed by atoms with Gasteiger partial charge in [-0.25, -0.2) is 0 Å². The van der Waals surface area contributed by atoms with E-state index in [2.05, 4.69) is 10.2 Å². The van der Waals surface area contributed by atoms with Crippen LogP contribution in [0.1, 0.15) is 73.1 Å². The molecule has 0 radical (unpaired) electrons. The first-order valence-corrected chi connectivity index (χ1v) is 12.1. The van der Waals surface area contributed by atoms with Crippen molar-refractivity contribution >= 4 is 35.2 Å². The number of benzene rings is 1. The molecule has 0 bridgehead atoms. The van der Waals surface area contributed by atoms with E-state index in [1.54, 1.807) is 12.1 Å². The van der Waals surface area contributed by atoms with E-state index in [4.69, 9.17) is 0 Å². The first-order valence-electron chi connectivity index (χ1n) is 12.1. The number of carbonyl (C=O) groups excluding carboxylic acids is 5. The van der Waals surface area contributed by atoms with Crippen molar-refractivity contribution in [2.45, 2.75) is 64.5 Å². The van der Waals surface area contributed by atoms with Gasteiger partial charge in [-0.1, -0.05) is 13.8 Å². The van der Waals surface area contributed by atoms with Crippen LogP contribution in [0, 0.1) is 5.92 Å². The Labute approximate surface area is 199 Å². The summed E-state index contributed by atoms with van der Waals surface area (Å²) in [5, 5.41) is 2.21. The minimum Gasteiger partial charge on any atom is -0.371 e. The number of anilines is 1. The van der Waals surface area contributed by atoms with Gasteiger partial charge >= 0.3 is 0 Å². The van der Waals surface area contributed by atoms with Crippen LogP contribution in [0.2, 0.25) is 0 Å². The highest BCUT2D eigenvalue weighted by Crippen LogP contribution is 2.32. The van der Waals surface area contributed by atoms with Gasteiger partial charge in [-0.05, 0) is 50.3 Å². The summed E-state index contributed by atoms with van der Waals surface area (Å²) in [6.45, 7) is 5.57. The van der Waals surface area contributed by atoms with Crippen LogP contribution in [0.3, 0.4) is 0 Å². The number of fused-ring (bicyclic) bond motifs is 1. The van der Waals surface area contributed by atoms with Crippen LogP contribution in [0.4, 0.5) is 5.69 Å². The number of nitrogens with zero attached hydrogens (tertiary/aromatic N) is 3. The topological polar surface area (TPSA) is 107 Å². The molecule has 5 amide bonds. The quantitative estimate of drug-likeness (QED) is 0.640. The Kier molecular flexibility index (Phi) is 6.72. The molecule has 2 saturated heterocycles. The Balaban J connectivity index is 1.44. The van der Waals surface area contributed by atoms with Gasteiger partial charge in [0, 0.05) is 44.2 Å². The Morgan fingerprint density at radius 3 is 2.29 bits per heavy atom. The van der Waals surface area contributed by atoms with Crippen LogP contribution >= 0.6 is 0 Å². The zero-order valence-corrected chi connectivity index (χ0v) is 20.0. The minimum absolute atomic E-state index is 0.0654.